The molecular weight excluding hydrogens is 227 g/mol. The molecule has 3 nitrogen and oxygen atoms in total. The van der Waals surface area contributed by atoms with E-state index in [9.17, 15) is 4.79 Å². The minimum Gasteiger partial charge on any atom is -0.430 e. The monoisotopic (exact) mass is 242 g/mol. The van der Waals surface area contributed by atoms with Crippen molar-refractivity contribution in [2.75, 3.05) is 0 Å². The summed E-state index contributed by atoms with van der Waals surface area (Å²) >= 11 is 11.4. The largest absolute Gasteiger partial charge is 0.508 e. The highest BCUT2D eigenvalue weighted by Crippen LogP contribution is 2.10. The molecule has 0 radical (unpaired) electrons. The second-order valence-corrected chi connectivity index (χ2v) is 4.63. The molecule has 0 aliphatic heterocycles. The Balaban J connectivity index is 3.87. The molecule has 4 unspecified atom stereocenters. The fraction of sp³-hybridized carbons (Fsp3) is 0.889. The highest BCUT2D eigenvalue weighted by atomic mass is 35.5. The van der Waals surface area contributed by atoms with Crippen molar-refractivity contribution >= 4 is 29.4 Å². The maximum atomic E-state index is 11.1. The van der Waals surface area contributed by atoms with E-state index in [1.165, 1.54) is 0 Å². The van der Waals surface area contributed by atoms with Crippen molar-refractivity contribution in [1.82, 2.24) is 0 Å². The van der Waals surface area contributed by atoms with Gasteiger partial charge in [0.1, 0.15) is 12.2 Å². The third-order valence-corrected chi connectivity index (χ3v) is 2.57. The summed E-state index contributed by atoms with van der Waals surface area (Å²) in [6.07, 6.45) is -1.48. The van der Waals surface area contributed by atoms with Crippen LogP contribution in [0.4, 0.5) is 4.79 Å². The van der Waals surface area contributed by atoms with Crippen molar-refractivity contribution in [2.24, 2.45) is 0 Å². The van der Waals surface area contributed by atoms with E-state index in [0.29, 0.717) is 0 Å². The number of alkyl halides is 2. The van der Waals surface area contributed by atoms with E-state index in [2.05, 4.69) is 0 Å². The summed E-state index contributed by atoms with van der Waals surface area (Å²) in [6, 6.07) is 0. The van der Waals surface area contributed by atoms with Gasteiger partial charge in [0.25, 0.3) is 0 Å². The summed E-state index contributed by atoms with van der Waals surface area (Å²) in [6.45, 7) is 6.89. The Morgan fingerprint density at radius 2 is 1.21 bits per heavy atom. The van der Waals surface area contributed by atoms with Gasteiger partial charge in [-0.05, 0) is 27.7 Å². The maximum Gasteiger partial charge on any atom is 0.508 e. The minimum atomic E-state index is -0.731. The number of ether oxygens (including phenoxy) is 2. The van der Waals surface area contributed by atoms with Gasteiger partial charge in [-0.15, -0.1) is 23.2 Å². The zero-order chi connectivity index (χ0) is 11.3. The molecule has 0 bridgehead atoms. The molecule has 0 fully saturated rings. The van der Waals surface area contributed by atoms with Gasteiger partial charge in [0, 0.05) is 0 Å². The molecule has 0 aromatic rings. The van der Waals surface area contributed by atoms with Crippen LogP contribution >= 0.6 is 23.2 Å². The Morgan fingerprint density at radius 3 is 1.43 bits per heavy atom. The van der Waals surface area contributed by atoms with Crippen molar-refractivity contribution in [3.05, 3.63) is 0 Å². The Labute approximate surface area is 94.7 Å². The number of carbonyl (C=O) groups is 1. The van der Waals surface area contributed by atoms with Gasteiger partial charge in [-0.3, -0.25) is 0 Å². The van der Waals surface area contributed by atoms with E-state index in [0.717, 1.165) is 0 Å². The van der Waals surface area contributed by atoms with Crippen LogP contribution in [0.3, 0.4) is 0 Å². The quantitative estimate of drug-likeness (QED) is 0.562. The lowest BCUT2D eigenvalue weighted by atomic mass is 10.3. The van der Waals surface area contributed by atoms with Gasteiger partial charge in [-0.1, -0.05) is 0 Å². The number of halogens is 2. The molecule has 0 N–H and O–H groups in total. The molecule has 0 aromatic heterocycles. The predicted octanol–water partition coefficient (Wildman–Crippen LogP) is 3.17. The molecule has 5 heteroatoms. The van der Waals surface area contributed by atoms with Crippen molar-refractivity contribution in [3.8, 4) is 0 Å². The van der Waals surface area contributed by atoms with E-state index < -0.39 is 6.16 Å². The van der Waals surface area contributed by atoms with E-state index in [1.54, 1.807) is 27.7 Å². The minimum absolute atomic E-state index is 0.244. The first-order chi connectivity index (χ1) is 6.34. The van der Waals surface area contributed by atoms with Gasteiger partial charge in [0.15, 0.2) is 0 Å². The van der Waals surface area contributed by atoms with Crippen LogP contribution in [0.2, 0.25) is 0 Å². The smallest absolute Gasteiger partial charge is 0.430 e. The van der Waals surface area contributed by atoms with Crippen molar-refractivity contribution in [2.45, 2.75) is 50.7 Å². The molecule has 0 saturated carbocycles. The fourth-order valence-electron chi connectivity index (χ4n) is 0.519. The maximum absolute atomic E-state index is 11.1. The third-order valence-electron chi connectivity index (χ3n) is 1.86. The first-order valence-electron chi connectivity index (χ1n) is 4.50. The van der Waals surface area contributed by atoms with Gasteiger partial charge in [-0.2, -0.15) is 0 Å². The summed E-state index contributed by atoms with van der Waals surface area (Å²) in [5, 5.41) is -0.488. The average molecular weight is 243 g/mol. The number of hydrogen-bond acceptors (Lipinski definition) is 3. The highest BCUT2D eigenvalue weighted by Gasteiger charge is 2.19. The van der Waals surface area contributed by atoms with E-state index >= 15 is 0 Å². The Bertz CT molecular complexity index is 165. The lowest BCUT2D eigenvalue weighted by Crippen LogP contribution is -2.28. The second kappa shape index (κ2) is 6.36. The molecule has 0 spiro atoms. The zero-order valence-corrected chi connectivity index (χ0v) is 10.3. The number of carbonyl (C=O) groups excluding carboxylic acids is 1. The molecular formula is C9H16Cl2O3. The topological polar surface area (TPSA) is 35.5 Å². The van der Waals surface area contributed by atoms with Gasteiger partial charge in [0.05, 0.1) is 10.8 Å². The zero-order valence-electron chi connectivity index (χ0n) is 8.79. The first-order valence-corrected chi connectivity index (χ1v) is 5.37. The van der Waals surface area contributed by atoms with Crippen LogP contribution in [-0.4, -0.2) is 29.1 Å². The van der Waals surface area contributed by atoms with Crippen LogP contribution < -0.4 is 0 Å². The number of rotatable bonds is 4. The fourth-order valence-corrected chi connectivity index (χ4v) is 0.622. The van der Waals surface area contributed by atoms with Gasteiger partial charge in [0.2, 0.25) is 0 Å². The van der Waals surface area contributed by atoms with Crippen LogP contribution in [0, 0.1) is 0 Å². The van der Waals surface area contributed by atoms with E-state index in [1.807, 2.05) is 0 Å². The number of hydrogen-bond donors (Lipinski definition) is 0. The lowest BCUT2D eigenvalue weighted by Gasteiger charge is -2.18. The molecule has 0 aromatic carbocycles. The standard InChI is InChI=1S/C9H16Cl2O3/c1-5(10)7(3)13-9(12)14-8(4)6(2)11/h5-8H,1-4H3. The molecule has 4 atom stereocenters. The van der Waals surface area contributed by atoms with Crippen LogP contribution in [0.5, 0.6) is 0 Å². The van der Waals surface area contributed by atoms with Crippen molar-refractivity contribution in [1.29, 1.82) is 0 Å². The molecule has 0 heterocycles. The average Bonchev–Trinajstić information content (AvgIpc) is 2.03. The Kier molecular flexibility index (Phi) is 6.29. The summed E-state index contributed by atoms with van der Waals surface area (Å²) in [7, 11) is 0. The molecule has 0 saturated heterocycles. The van der Waals surface area contributed by atoms with Crippen LogP contribution in [0.1, 0.15) is 27.7 Å². The van der Waals surface area contributed by atoms with Gasteiger partial charge >= 0.3 is 6.16 Å². The third kappa shape index (κ3) is 5.55. The van der Waals surface area contributed by atoms with Crippen LogP contribution in [-0.2, 0) is 9.47 Å². The summed E-state index contributed by atoms with van der Waals surface area (Å²) in [5.74, 6) is 0. The second-order valence-electron chi connectivity index (χ2n) is 3.25. The van der Waals surface area contributed by atoms with Crippen molar-refractivity contribution in [3.63, 3.8) is 0 Å². The SMILES string of the molecule is CC(Cl)C(C)OC(=O)OC(C)C(C)Cl. The van der Waals surface area contributed by atoms with Crippen molar-refractivity contribution < 1.29 is 14.3 Å². The molecule has 14 heavy (non-hydrogen) atoms. The molecule has 0 amide bonds. The molecule has 0 aliphatic rings. The van der Waals surface area contributed by atoms with Crippen LogP contribution in [0.15, 0.2) is 0 Å². The highest BCUT2D eigenvalue weighted by molar-refractivity contribution is 6.21. The van der Waals surface area contributed by atoms with Gasteiger partial charge in [-0.25, -0.2) is 4.79 Å². The normalized spacial score (nSPS) is 19.3. The first kappa shape index (κ1) is 13.8. The van der Waals surface area contributed by atoms with Crippen LogP contribution in [0.25, 0.3) is 0 Å². The predicted molar refractivity (Wildman–Crippen MR) is 57.1 cm³/mol. The van der Waals surface area contributed by atoms with E-state index in [-0.39, 0.29) is 23.0 Å². The molecule has 0 rings (SSSR count). The van der Waals surface area contributed by atoms with E-state index in [4.69, 9.17) is 32.7 Å². The lowest BCUT2D eigenvalue weighted by molar-refractivity contribution is 0.00769. The summed E-state index contributed by atoms with van der Waals surface area (Å²) in [4.78, 5) is 11.1. The summed E-state index contributed by atoms with van der Waals surface area (Å²) < 4.78 is 9.76. The Morgan fingerprint density at radius 1 is 0.929 bits per heavy atom. The molecule has 0 aliphatic carbocycles. The Hall–Kier alpha value is -0.150. The molecule has 84 valence electrons. The van der Waals surface area contributed by atoms with Gasteiger partial charge < -0.3 is 9.47 Å². The summed E-state index contributed by atoms with van der Waals surface area (Å²) in [5.41, 5.74) is 0.